The zero-order valence-corrected chi connectivity index (χ0v) is 44.1. The van der Waals surface area contributed by atoms with Crippen LogP contribution in [0.5, 0.6) is 11.5 Å². The summed E-state index contributed by atoms with van der Waals surface area (Å²) in [4.78, 5) is 82.6. The number of ketones is 2. The molecule has 71 heavy (non-hydrogen) atoms. The van der Waals surface area contributed by atoms with Crippen LogP contribution in [0.3, 0.4) is 0 Å². The number of carboxylic acid groups (broad SMARTS) is 1. The van der Waals surface area contributed by atoms with Gasteiger partial charge < -0.3 is 29.1 Å². The molecule has 4 atom stereocenters. The Hall–Kier alpha value is -4.74. The first-order valence-corrected chi connectivity index (χ1v) is 27.5. The van der Waals surface area contributed by atoms with E-state index in [9.17, 15) is 33.9 Å². The lowest BCUT2D eigenvalue weighted by Gasteiger charge is -2.33. The van der Waals surface area contributed by atoms with E-state index in [1.807, 2.05) is 36.4 Å². The second kappa shape index (κ2) is 30.3. The van der Waals surface area contributed by atoms with Crippen molar-refractivity contribution < 1.29 is 48.1 Å². The maximum Gasteiger partial charge on any atom is 0.328 e. The molecule has 6 rings (SSSR count). The second-order valence-corrected chi connectivity index (χ2v) is 21.4. The first kappa shape index (κ1) is 57.2. The van der Waals surface area contributed by atoms with Crippen LogP contribution in [-0.2, 0) is 46.6 Å². The standard InChI is InChI=1S/C30H45NO5.C29H43NO5/c1-22(30(34)36-3)31(21-25-14-17-26(35-2)18-15-25)29(33)27(20-24-12-8-5-9-13-24)28(32)19-16-23-10-6-4-7-11-23;1-21(29(33)34)30(20-24-13-16-25(35-2)17-14-24)28(32)26(19-23-11-7-4-8-12-23)27(31)18-15-22-9-5-3-6-10-22/h14-15,17-18,22-24,27H,4-13,16,19-21H2,1-3H3;13-14,16-17,21-23,26H,3-12,15,18-20H2,1-2H3,(H,33,34). The molecule has 4 aliphatic rings. The maximum atomic E-state index is 14.1. The number of carbonyl (C=O) groups excluding carboxylic acids is 5. The Morgan fingerprint density at radius 3 is 1.13 bits per heavy atom. The Morgan fingerprint density at radius 1 is 0.493 bits per heavy atom. The summed E-state index contributed by atoms with van der Waals surface area (Å²) in [7, 11) is 4.54. The third-order valence-corrected chi connectivity index (χ3v) is 16.4. The number of hydrogen-bond acceptors (Lipinski definition) is 9. The molecule has 0 saturated heterocycles. The number of benzene rings is 2. The van der Waals surface area contributed by atoms with Crippen molar-refractivity contribution in [3.63, 3.8) is 0 Å². The smallest absolute Gasteiger partial charge is 0.328 e. The van der Waals surface area contributed by atoms with Gasteiger partial charge in [0.25, 0.3) is 0 Å². The molecule has 0 heterocycles. The largest absolute Gasteiger partial charge is 0.497 e. The minimum Gasteiger partial charge on any atom is -0.497 e. The third kappa shape index (κ3) is 18.4. The lowest BCUT2D eigenvalue weighted by Crippen LogP contribution is -2.48. The van der Waals surface area contributed by atoms with Crippen LogP contribution >= 0.6 is 0 Å². The van der Waals surface area contributed by atoms with Crippen LogP contribution in [0, 0.1) is 35.5 Å². The van der Waals surface area contributed by atoms with Crippen LogP contribution in [0.1, 0.15) is 192 Å². The van der Waals surface area contributed by atoms with E-state index in [0.29, 0.717) is 55.1 Å². The molecule has 1 N–H and O–H groups in total. The molecular formula is C59H88N2O10. The number of aliphatic carboxylic acids is 1. The van der Waals surface area contributed by atoms with Gasteiger partial charge in [0.2, 0.25) is 11.8 Å². The van der Waals surface area contributed by atoms with Crippen LogP contribution in [0.15, 0.2) is 48.5 Å². The van der Waals surface area contributed by atoms with Crippen LogP contribution in [0.25, 0.3) is 0 Å². The van der Waals surface area contributed by atoms with Gasteiger partial charge >= 0.3 is 11.9 Å². The Labute approximate surface area is 425 Å². The third-order valence-electron chi connectivity index (χ3n) is 16.4. The molecule has 12 nitrogen and oxygen atoms in total. The minimum absolute atomic E-state index is 0.00321. The van der Waals surface area contributed by atoms with Crippen LogP contribution < -0.4 is 9.47 Å². The highest BCUT2D eigenvalue weighted by Crippen LogP contribution is 2.35. The van der Waals surface area contributed by atoms with Crippen molar-refractivity contribution in [2.75, 3.05) is 21.3 Å². The van der Waals surface area contributed by atoms with Crippen molar-refractivity contribution >= 4 is 35.3 Å². The Kier molecular flexibility index (Phi) is 24.4. The van der Waals surface area contributed by atoms with Crippen LogP contribution in [0.4, 0.5) is 0 Å². The molecule has 12 heteroatoms. The fourth-order valence-electron chi connectivity index (χ4n) is 11.7. The number of carboxylic acids is 1. The molecule has 2 aromatic carbocycles. The van der Waals surface area contributed by atoms with Crippen molar-refractivity contribution in [3.8, 4) is 11.5 Å². The minimum atomic E-state index is -1.06. The zero-order chi connectivity index (χ0) is 51.1. The van der Waals surface area contributed by atoms with Crippen molar-refractivity contribution in [1.29, 1.82) is 0 Å². The molecule has 2 amide bonds. The average Bonchev–Trinajstić information content (AvgIpc) is 3.41. The Balaban J connectivity index is 0.000000264. The molecule has 0 spiro atoms. The van der Waals surface area contributed by atoms with E-state index in [4.69, 9.17) is 14.2 Å². The Morgan fingerprint density at radius 2 is 0.817 bits per heavy atom. The fourth-order valence-corrected chi connectivity index (χ4v) is 11.7. The first-order valence-electron chi connectivity index (χ1n) is 27.5. The quantitative estimate of drug-likeness (QED) is 0.0793. The molecule has 0 aromatic heterocycles. The van der Waals surface area contributed by atoms with Gasteiger partial charge in [0, 0.05) is 25.9 Å². The molecule has 4 fully saturated rings. The summed E-state index contributed by atoms with van der Waals surface area (Å²) in [5.74, 6) is -0.124. The topological polar surface area (TPSA) is 157 Å². The van der Waals surface area contributed by atoms with Crippen molar-refractivity contribution in [1.82, 2.24) is 9.80 Å². The van der Waals surface area contributed by atoms with Gasteiger partial charge in [-0.25, -0.2) is 9.59 Å². The fraction of sp³-hybridized carbons (Fsp3) is 0.695. The van der Waals surface area contributed by atoms with E-state index in [1.54, 1.807) is 38.2 Å². The molecule has 4 saturated carbocycles. The lowest BCUT2D eigenvalue weighted by atomic mass is 9.79. The number of esters is 1. The van der Waals surface area contributed by atoms with Crippen molar-refractivity contribution in [3.05, 3.63) is 59.7 Å². The predicted molar refractivity (Wildman–Crippen MR) is 277 cm³/mol. The van der Waals surface area contributed by atoms with E-state index in [0.717, 1.165) is 81.1 Å². The molecule has 0 aliphatic heterocycles. The van der Waals surface area contributed by atoms with E-state index >= 15 is 0 Å². The predicted octanol–water partition coefficient (Wildman–Crippen LogP) is 12.1. The number of rotatable bonds is 24. The number of ether oxygens (including phenoxy) is 3. The van der Waals surface area contributed by atoms with Crippen molar-refractivity contribution in [2.45, 2.75) is 206 Å². The van der Waals surface area contributed by atoms with Gasteiger partial charge in [0.15, 0.2) is 0 Å². The van der Waals surface area contributed by atoms with E-state index in [-0.39, 0.29) is 36.5 Å². The summed E-state index contributed by atoms with van der Waals surface area (Å²) in [5.41, 5.74) is 1.70. The van der Waals surface area contributed by atoms with Crippen molar-refractivity contribution in [2.24, 2.45) is 35.5 Å². The van der Waals surface area contributed by atoms with Crippen LogP contribution in [-0.4, -0.2) is 83.6 Å². The van der Waals surface area contributed by atoms with E-state index in [2.05, 4.69) is 0 Å². The van der Waals surface area contributed by atoms with E-state index < -0.39 is 35.9 Å². The van der Waals surface area contributed by atoms with E-state index in [1.165, 1.54) is 96.0 Å². The van der Waals surface area contributed by atoms with Gasteiger partial charge in [-0.3, -0.25) is 19.2 Å². The van der Waals surface area contributed by atoms with Gasteiger partial charge in [-0.15, -0.1) is 0 Å². The summed E-state index contributed by atoms with van der Waals surface area (Å²) in [6.07, 6.45) is 27.3. The molecule has 4 unspecified atom stereocenters. The molecule has 394 valence electrons. The molecule has 4 aliphatic carbocycles. The number of methoxy groups -OCH3 is 3. The second-order valence-electron chi connectivity index (χ2n) is 21.4. The maximum absolute atomic E-state index is 14.1. The lowest BCUT2D eigenvalue weighted by molar-refractivity contribution is -0.156. The summed E-state index contributed by atoms with van der Waals surface area (Å²) >= 11 is 0. The Bertz CT molecular complexity index is 1940. The number of amides is 2. The van der Waals surface area contributed by atoms with Gasteiger partial charge in [0.1, 0.15) is 35.1 Å². The van der Waals surface area contributed by atoms with Crippen LogP contribution in [0.2, 0.25) is 0 Å². The number of Topliss-reactive ketones (excluding diaryl/α,β-unsaturated/α-hetero) is 2. The summed E-state index contributed by atoms with van der Waals surface area (Å²) in [6.45, 7) is 3.63. The highest BCUT2D eigenvalue weighted by molar-refractivity contribution is 6.03. The number of carbonyl (C=O) groups is 6. The molecule has 0 radical (unpaired) electrons. The summed E-state index contributed by atoms with van der Waals surface area (Å²) < 4.78 is 15.5. The van der Waals surface area contributed by atoms with Gasteiger partial charge in [-0.05, 0) is 98.6 Å². The molecular weight excluding hydrogens is 897 g/mol. The molecule has 0 bridgehead atoms. The first-order chi connectivity index (χ1) is 34.3. The van der Waals surface area contributed by atoms with Gasteiger partial charge in [0.05, 0.1) is 33.2 Å². The molecule has 2 aromatic rings. The highest BCUT2D eigenvalue weighted by atomic mass is 16.5. The zero-order valence-electron chi connectivity index (χ0n) is 44.1. The van der Waals surface area contributed by atoms with Gasteiger partial charge in [-0.1, -0.05) is 153 Å². The number of hydrogen-bond donors (Lipinski definition) is 1. The normalized spacial score (nSPS) is 18.9. The summed E-state index contributed by atoms with van der Waals surface area (Å²) in [6, 6.07) is 13.0. The number of nitrogens with zero attached hydrogens (tertiary/aromatic N) is 2. The monoisotopic (exact) mass is 985 g/mol. The van der Waals surface area contributed by atoms with Gasteiger partial charge in [-0.2, -0.15) is 0 Å². The average molecular weight is 985 g/mol. The highest BCUT2D eigenvalue weighted by Gasteiger charge is 2.39. The summed E-state index contributed by atoms with van der Waals surface area (Å²) in [5, 5.41) is 9.78. The SMILES string of the molecule is COC(=O)C(C)N(Cc1ccc(OC)cc1)C(=O)C(CC1CCCCC1)C(=O)CCC1CCCCC1.COc1ccc(CN(C(=O)C(CC2CCCCC2)C(=O)CCC2CCCCC2)C(C)C(=O)O)cc1.